The van der Waals surface area contributed by atoms with E-state index in [9.17, 15) is 14.4 Å². The van der Waals surface area contributed by atoms with Crippen LogP contribution in [0.4, 0.5) is 10.7 Å². The number of amides is 2. The normalized spacial score (nSPS) is 10.5. The Balaban J connectivity index is 1.96. The highest BCUT2D eigenvalue weighted by atomic mass is 35.5. The van der Waals surface area contributed by atoms with Crippen molar-refractivity contribution in [2.75, 3.05) is 17.2 Å². The minimum atomic E-state index is -0.625. The Morgan fingerprint density at radius 3 is 2.31 bits per heavy atom. The number of carbonyl (C=O) groups excluding carboxylic acids is 3. The zero-order valence-corrected chi connectivity index (χ0v) is 19.9. The van der Waals surface area contributed by atoms with Gasteiger partial charge in [-0.05, 0) is 56.7 Å². The van der Waals surface area contributed by atoms with Gasteiger partial charge in [-0.15, -0.1) is 11.3 Å². The number of benzene rings is 2. The summed E-state index contributed by atoms with van der Waals surface area (Å²) in [5.74, 6) is -1.51. The van der Waals surface area contributed by atoms with Crippen molar-refractivity contribution >= 4 is 63.0 Å². The molecule has 0 atom stereocenters. The van der Waals surface area contributed by atoms with Gasteiger partial charge >= 0.3 is 5.97 Å². The first-order chi connectivity index (χ1) is 15.2. The van der Waals surface area contributed by atoms with Crippen LogP contribution in [-0.4, -0.2) is 24.4 Å². The number of nitrogens with one attached hydrogen (secondary N) is 2. The van der Waals surface area contributed by atoms with Crippen LogP contribution in [0.25, 0.3) is 0 Å². The highest BCUT2D eigenvalue weighted by Crippen LogP contribution is 2.35. The zero-order valence-electron chi connectivity index (χ0n) is 17.5. The SMILES string of the molecule is CCOC(=O)c1c(NC(=O)c2ccc(C)cc2)sc(C(=O)Nc2cc(Cl)ccc2Cl)c1C. The first-order valence-electron chi connectivity index (χ1n) is 9.66. The molecule has 0 unspecified atom stereocenters. The van der Waals surface area contributed by atoms with Gasteiger partial charge in [0.15, 0.2) is 0 Å². The smallest absolute Gasteiger partial charge is 0.341 e. The number of halogens is 2. The molecule has 0 bridgehead atoms. The molecule has 0 aliphatic carbocycles. The third-order valence-corrected chi connectivity index (χ3v) is 6.32. The maximum atomic E-state index is 13.0. The Morgan fingerprint density at radius 1 is 0.969 bits per heavy atom. The van der Waals surface area contributed by atoms with Crippen LogP contribution in [0.1, 0.15) is 48.4 Å². The minimum absolute atomic E-state index is 0.139. The van der Waals surface area contributed by atoms with Gasteiger partial charge in [-0.1, -0.05) is 40.9 Å². The van der Waals surface area contributed by atoms with E-state index >= 15 is 0 Å². The second-order valence-electron chi connectivity index (χ2n) is 6.88. The van der Waals surface area contributed by atoms with Crippen LogP contribution in [0.15, 0.2) is 42.5 Å². The van der Waals surface area contributed by atoms with E-state index in [0.717, 1.165) is 16.9 Å². The molecule has 166 valence electrons. The van der Waals surface area contributed by atoms with Gasteiger partial charge in [0.05, 0.1) is 27.8 Å². The molecule has 2 amide bonds. The van der Waals surface area contributed by atoms with Crippen LogP contribution in [0, 0.1) is 13.8 Å². The fraction of sp³-hybridized carbons (Fsp3) is 0.174. The van der Waals surface area contributed by atoms with Crippen molar-refractivity contribution < 1.29 is 19.1 Å². The molecule has 0 aliphatic heterocycles. The molecule has 0 fully saturated rings. The Morgan fingerprint density at radius 2 is 1.66 bits per heavy atom. The van der Waals surface area contributed by atoms with Gasteiger partial charge in [0.25, 0.3) is 11.8 Å². The second kappa shape index (κ2) is 10.2. The monoisotopic (exact) mass is 490 g/mol. The number of hydrogen-bond donors (Lipinski definition) is 2. The van der Waals surface area contributed by atoms with E-state index in [1.54, 1.807) is 38.1 Å². The van der Waals surface area contributed by atoms with E-state index in [1.807, 2.05) is 19.1 Å². The molecule has 6 nitrogen and oxygen atoms in total. The molecule has 0 aliphatic rings. The lowest BCUT2D eigenvalue weighted by atomic mass is 10.1. The van der Waals surface area contributed by atoms with Crippen LogP contribution >= 0.6 is 34.5 Å². The van der Waals surface area contributed by atoms with Crippen LogP contribution in [-0.2, 0) is 4.74 Å². The minimum Gasteiger partial charge on any atom is -0.462 e. The average molecular weight is 491 g/mol. The fourth-order valence-corrected chi connectivity index (χ4v) is 4.34. The molecule has 3 aromatic rings. The molecule has 1 aromatic heterocycles. The van der Waals surface area contributed by atoms with Crippen molar-refractivity contribution in [3.63, 3.8) is 0 Å². The van der Waals surface area contributed by atoms with Crippen LogP contribution < -0.4 is 10.6 Å². The molecular weight excluding hydrogens is 471 g/mol. The lowest BCUT2D eigenvalue weighted by Crippen LogP contribution is -2.15. The molecule has 3 rings (SSSR count). The topological polar surface area (TPSA) is 84.5 Å². The third-order valence-electron chi connectivity index (χ3n) is 4.55. The van der Waals surface area contributed by atoms with Gasteiger partial charge in [0.1, 0.15) is 5.00 Å². The second-order valence-corrected chi connectivity index (χ2v) is 8.74. The molecule has 32 heavy (non-hydrogen) atoms. The van der Waals surface area contributed by atoms with Gasteiger partial charge < -0.3 is 15.4 Å². The number of hydrogen-bond acceptors (Lipinski definition) is 5. The molecule has 0 saturated heterocycles. The summed E-state index contributed by atoms with van der Waals surface area (Å²) in [7, 11) is 0. The van der Waals surface area contributed by atoms with Crippen molar-refractivity contribution in [3.8, 4) is 0 Å². The summed E-state index contributed by atoms with van der Waals surface area (Å²) in [4.78, 5) is 38.5. The lowest BCUT2D eigenvalue weighted by molar-refractivity contribution is 0.0527. The summed E-state index contributed by atoms with van der Waals surface area (Å²) in [6.07, 6.45) is 0. The van der Waals surface area contributed by atoms with Gasteiger partial charge in [0.2, 0.25) is 0 Å². The number of thiophene rings is 1. The van der Waals surface area contributed by atoms with Crippen molar-refractivity contribution in [1.29, 1.82) is 0 Å². The van der Waals surface area contributed by atoms with E-state index in [1.165, 1.54) is 6.07 Å². The van der Waals surface area contributed by atoms with Gasteiger partial charge in [-0.3, -0.25) is 9.59 Å². The summed E-state index contributed by atoms with van der Waals surface area (Å²) in [6, 6.07) is 11.7. The highest BCUT2D eigenvalue weighted by Gasteiger charge is 2.27. The molecule has 0 spiro atoms. The van der Waals surface area contributed by atoms with Gasteiger partial charge in [-0.2, -0.15) is 0 Å². The Bertz CT molecular complexity index is 1190. The summed E-state index contributed by atoms with van der Waals surface area (Å²) < 4.78 is 5.14. The quantitative estimate of drug-likeness (QED) is 0.394. The predicted molar refractivity (Wildman–Crippen MR) is 129 cm³/mol. The first-order valence-corrected chi connectivity index (χ1v) is 11.2. The number of anilines is 2. The molecule has 0 saturated carbocycles. The maximum Gasteiger partial charge on any atom is 0.341 e. The lowest BCUT2D eigenvalue weighted by Gasteiger charge is -2.08. The standard InChI is InChI=1S/C23H20Cl2N2O4S/c1-4-31-23(30)18-13(3)19(21(29)26-17-11-15(24)9-10-16(17)25)32-22(18)27-20(28)14-7-5-12(2)6-8-14/h5-11H,4H2,1-3H3,(H,26,29)(H,27,28). The van der Waals surface area contributed by atoms with E-state index < -0.39 is 17.8 Å². The van der Waals surface area contributed by atoms with E-state index in [-0.39, 0.29) is 22.0 Å². The molecule has 0 radical (unpaired) electrons. The summed E-state index contributed by atoms with van der Waals surface area (Å²) in [5.41, 5.74) is 2.30. The van der Waals surface area contributed by atoms with E-state index in [0.29, 0.717) is 26.9 Å². The zero-order chi connectivity index (χ0) is 23.4. The molecular formula is C23H20Cl2N2O4S. The first kappa shape index (κ1) is 23.8. The molecule has 2 N–H and O–H groups in total. The maximum absolute atomic E-state index is 13.0. The third kappa shape index (κ3) is 5.30. The number of ether oxygens (including phenoxy) is 1. The van der Waals surface area contributed by atoms with Crippen molar-refractivity contribution in [2.24, 2.45) is 0 Å². The van der Waals surface area contributed by atoms with Crippen LogP contribution in [0.5, 0.6) is 0 Å². The summed E-state index contributed by atoms with van der Waals surface area (Å²) in [6.45, 7) is 5.37. The summed E-state index contributed by atoms with van der Waals surface area (Å²) in [5, 5.41) is 6.39. The number of aryl methyl sites for hydroxylation is 1. The van der Waals surface area contributed by atoms with Crippen molar-refractivity contribution in [1.82, 2.24) is 0 Å². The van der Waals surface area contributed by atoms with E-state index in [4.69, 9.17) is 27.9 Å². The van der Waals surface area contributed by atoms with Gasteiger partial charge in [-0.25, -0.2) is 4.79 Å². The van der Waals surface area contributed by atoms with E-state index in [2.05, 4.69) is 10.6 Å². The Labute approximate surface area is 199 Å². The van der Waals surface area contributed by atoms with Crippen LogP contribution in [0.3, 0.4) is 0 Å². The number of rotatable bonds is 6. The molecule has 2 aromatic carbocycles. The molecule has 1 heterocycles. The predicted octanol–water partition coefficient (Wildman–Crippen LogP) is 6.35. The van der Waals surface area contributed by atoms with Crippen molar-refractivity contribution in [3.05, 3.63) is 79.6 Å². The average Bonchev–Trinajstić information content (AvgIpc) is 3.07. The van der Waals surface area contributed by atoms with Gasteiger partial charge in [0, 0.05) is 10.6 Å². The number of esters is 1. The largest absolute Gasteiger partial charge is 0.462 e. The Hall–Kier alpha value is -2.87. The van der Waals surface area contributed by atoms with Crippen molar-refractivity contribution in [2.45, 2.75) is 20.8 Å². The Kier molecular flexibility index (Phi) is 7.56. The van der Waals surface area contributed by atoms with Crippen LogP contribution in [0.2, 0.25) is 10.0 Å². The summed E-state index contributed by atoms with van der Waals surface area (Å²) >= 11 is 13.1. The number of carbonyl (C=O) groups is 3. The highest BCUT2D eigenvalue weighted by molar-refractivity contribution is 7.19. The molecule has 9 heteroatoms. The fourth-order valence-electron chi connectivity index (χ4n) is 2.92.